The smallest absolute Gasteiger partial charge is 0.349 e. The fraction of sp³-hybridized carbons (Fsp3) is 0.286. The molecular weight excluding hydrogens is 287 g/mol. The molecule has 0 aliphatic rings. The third-order valence-corrected chi connectivity index (χ3v) is 3.25. The highest BCUT2D eigenvalue weighted by molar-refractivity contribution is 6.39. The van der Waals surface area contributed by atoms with Crippen molar-refractivity contribution < 1.29 is 14.3 Å². The maximum atomic E-state index is 11.9. The number of hydrogen-bond acceptors (Lipinski definition) is 3. The van der Waals surface area contributed by atoms with E-state index in [0.29, 0.717) is 5.57 Å². The predicted molar refractivity (Wildman–Crippen MR) is 75.7 cm³/mol. The lowest BCUT2D eigenvalue weighted by Gasteiger charge is -2.08. The molecule has 0 aliphatic carbocycles. The molecule has 0 spiro atoms. The minimum atomic E-state index is -0.844. The Labute approximate surface area is 122 Å². The number of ether oxygens (including phenoxy) is 1. The number of halogens is 2. The number of rotatable bonds is 3. The molecule has 0 aliphatic heterocycles. The minimum Gasteiger partial charge on any atom is -0.386 e. The van der Waals surface area contributed by atoms with Crippen LogP contribution in [0.15, 0.2) is 23.8 Å². The van der Waals surface area contributed by atoms with Gasteiger partial charge in [-0.3, -0.25) is 0 Å². The Morgan fingerprint density at radius 3 is 2.21 bits per heavy atom. The van der Waals surface area contributed by atoms with Gasteiger partial charge in [-0.15, -0.1) is 0 Å². The lowest BCUT2D eigenvalue weighted by molar-refractivity contribution is -0.133. The van der Waals surface area contributed by atoms with Crippen molar-refractivity contribution in [3.8, 4) is 0 Å². The van der Waals surface area contributed by atoms with E-state index in [9.17, 15) is 9.59 Å². The number of esters is 2. The summed E-state index contributed by atoms with van der Waals surface area (Å²) in [5.41, 5.74) is 1.26. The van der Waals surface area contributed by atoms with Gasteiger partial charge in [-0.1, -0.05) is 36.2 Å². The van der Waals surface area contributed by atoms with Gasteiger partial charge in [0.2, 0.25) is 0 Å². The molecule has 0 N–H and O–H groups in total. The van der Waals surface area contributed by atoms with Crippen molar-refractivity contribution in [2.24, 2.45) is 0 Å². The molecule has 0 saturated heterocycles. The van der Waals surface area contributed by atoms with Gasteiger partial charge in [0.1, 0.15) is 0 Å². The minimum absolute atomic E-state index is 0.0118. The molecule has 0 atom stereocenters. The van der Waals surface area contributed by atoms with Crippen molar-refractivity contribution in [3.05, 3.63) is 45.0 Å². The average molecular weight is 301 g/mol. The van der Waals surface area contributed by atoms with Gasteiger partial charge >= 0.3 is 11.9 Å². The summed E-state index contributed by atoms with van der Waals surface area (Å²) in [4.78, 5) is 23.4. The van der Waals surface area contributed by atoms with E-state index >= 15 is 0 Å². The van der Waals surface area contributed by atoms with E-state index in [-0.39, 0.29) is 15.6 Å². The fourth-order valence-electron chi connectivity index (χ4n) is 1.36. The highest BCUT2D eigenvalue weighted by Crippen LogP contribution is 2.27. The first-order valence-electron chi connectivity index (χ1n) is 5.78. The maximum Gasteiger partial charge on any atom is 0.349 e. The highest BCUT2D eigenvalue weighted by atomic mass is 35.5. The van der Waals surface area contributed by atoms with Crippen LogP contribution in [-0.4, -0.2) is 11.9 Å². The molecule has 0 amide bonds. The summed E-state index contributed by atoms with van der Waals surface area (Å²) >= 11 is 12.0. The van der Waals surface area contributed by atoms with E-state index in [1.807, 2.05) is 6.92 Å². The molecule has 102 valence electrons. The summed E-state index contributed by atoms with van der Waals surface area (Å²) in [5, 5.41) is 0.362. The van der Waals surface area contributed by atoms with Crippen LogP contribution in [0.4, 0.5) is 0 Å². The quantitative estimate of drug-likeness (QED) is 0.477. The van der Waals surface area contributed by atoms with Crippen LogP contribution in [0.25, 0.3) is 0 Å². The summed E-state index contributed by atoms with van der Waals surface area (Å²) in [6.45, 7) is 5.18. The van der Waals surface area contributed by atoms with Crippen LogP contribution in [0.1, 0.15) is 36.7 Å². The lowest BCUT2D eigenvalue weighted by Crippen LogP contribution is -2.14. The maximum absolute atomic E-state index is 11.9. The Bertz CT molecular complexity index is 525. The molecule has 0 fully saturated rings. The molecular formula is C14H14Cl2O3. The second kappa shape index (κ2) is 6.73. The Balaban J connectivity index is 3.04. The summed E-state index contributed by atoms with van der Waals surface area (Å²) in [6.07, 6.45) is 2.30. The standard InChI is InChI=1S/C14H14Cl2O3/c1-4-8(3)13(17)19-14(18)12-10(15)6-9(5-2)7-11(12)16/h4,6-7H,5H2,1-3H3/b8-4-. The van der Waals surface area contributed by atoms with Crippen molar-refractivity contribution in [3.63, 3.8) is 0 Å². The van der Waals surface area contributed by atoms with Crippen molar-refractivity contribution in [2.45, 2.75) is 27.2 Å². The van der Waals surface area contributed by atoms with E-state index in [1.165, 1.54) is 0 Å². The normalized spacial score (nSPS) is 11.3. The number of hydrogen-bond donors (Lipinski definition) is 0. The van der Waals surface area contributed by atoms with Crippen LogP contribution in [0.2, 0.25) is 10.0 Å². The van der Waals surface area contributed by atoms with Gasteiger partial charge in [0.15, 0.2) is 0 Å². The van der Waals surface area contributed by atoms with E-state index in [0.717, 1.165) is 12.0 Å². The first-order valence-corrected chi connectivity index (χ1v) is 6.53. The molecule has 19 heavy (non-hydrogen) atoms. The zero-order valence-corrected chi connectivity index (χ0v) is 12.4. The molecule has 1 aromatic rings. The van der Waals surface area contributed by atoms with Gasteiger partial charge < -0.3 is 4.74 Å². The molecule has 1 rings (SSSR count). The first kappa shape index (κ1) is 15.7. The Morgan fingerprint density at radius 1 is 1.26 bits per heavy atom. The largest absolute Gasteiger partial charge is 0.386 e. The third-order valence-electron chi connectivity index (χ3n) is 2.65. The highest BCUT2D eigenvalue weighted by Gasteiger charge is 2.20. The van der Waals surface area contributed by atoms with E-state index < -0.39 is 11.9 Å². The zero-order chi connectivity index (χ0) is 14.6. The van der Waals surface area contributed by atoms with Gasteiger partial charge in [-0.25, -0.2) is 9.59 Å². The molecule has 0 aromatic heterocycles. The summed E-state index contributed by atoms with van der Waals surface area (Å²) in [7, 11) is 0. The van der Waals surface area contributed by atoms with Crippen LogP contribution >= 0.6 is 23.2 Å². The van der Waals surface area contributed by atoms with Crippen LogP contribution in [-0.2, 0) is 16.0 Å². The Morgan fingerprint density at radius 2 is 1.79 bits per heavy atom. The number of aryl methyl sites for hydroxylation is 1. The van der Waals surface area contributed by atoms with Crippen LogP contribution in [0.5, 0.6) is 0 Å². The lowest BCUT2D eigenvalue weighted by atomic mass is 10.1. The number of carbonyl (C=O) groups is 2. The topological polar surface area (TPSA) is 43.4 Å². The molecule has 0 saturated carbocycles. The van der Waals surface area contributed by atoms with E-state index in [1.54, 1.807) is 32.1 Å². The summed E-state index contributed by atoms with van der Waals surface area (Å²) < 4.78 is 4.71. The molecule has 0 heterocycles. The molecule has 3 nitrogen and oxygen atoms in total. The number of allylic oxidation sites excluding steroid dienone is 1. The Kier molecular flexibility index (Phi) is 5.58. The van der Waals surface area contributed by atoms with Gasteiger partial charge in [0.05, 0.1) is 15.6 Å². The SMILES string of the molecule is C/C=C(/C)C(=O)OC(=O)c1c(Cl)cc(CC)cc1Cl. The van der Waals surface area contributed by atoms with Crippen molar-refractivity contribution in [1.82, 2.24) is 0 Å². The van der Waals surface area contributed by atoms with E-state index in [2.05, 4.69) is 0 Å². The van der Waals surface area contributed by atoms with Gasteiger partial charge in [-0.05, 0) is 38.0 Å². The molecule has 0 unspecified atom stereocenters. The van der Waals surface area contributed by atoms with Gasteiger partial charge in [-0.2, -0.15) is 0 Å². The van der Waals surface area contributed by atoms with Gasteiger partial charge in [0.25, 0.3) is 0 Å². The summed E-state index contributed by atoms with van der Waals surface area (Å²) in [5.74, 6) is -1.55. The first-order chi connectivity index (χ1) is 8.90. The van der Waals surface area contributed by atoms with Crippen LogP contribution < -0.4 is 0 Å². The number of carbonyl (C=O) groups excluding carboxylic acids is 2. The average Bonchev–Trinajstić information content (AvgIpc) is 2.36. The predicted octanol–water partition coefficient (Wildman–Crippen LogP) is 4.21. The Hall–Kier alpha value is -1.32. The zero-order valence-electron chi connectivity index (χ0n) is 10.9. The second-order valence-corrected chi connectivity index (χ2v) is 4.75. The molecule has 0 bridgehead atoms. The molecule has 0 radical (unpaired) electrons. The number of benzene rings is 1. The second-order valence-electron chi connectivity index (χ2n) is 3.94. The van der Waals surface area contributed by atoms with Gasteiger partial charge in [0, 0.05) is 5.57 Å². The van der Waals surface area contributed by atoms with Crippen molar-refractivity contribution in [2.75, 3.05) is 0 Å². The van der Waals surface area contributed by atoms with Crippen molar-refractivity contribution in [1.29, 1.82) is 0 Å². The van der Waals surface area contributed by atoms with Crippen LogP contribution in [0, 0.1) is 0 Å². The third kappa shape index (κ3) is 3.82. The fourth-order valence-corrected chi connectivity index (χ4v) is 2.04. The molecule has 1 aromatic carbocycles. The van der Waals surface area contributed by atoms with Crippen LogP contribution in [0.3, 0.4) is 0 Å². The van der Waals surface area contributed by atoms with Crippen molar-refractivity contribution >= 4 is 35.1 Å². The van der Waals surface area contributed by atoms with E-state index in [4.69, 9.17) is 27.9 Å². The molecule has 5 heteroatoms. The monoisotopic (exact) mass is 300 g/mol. The summed E-state index contributed by atoms with van der Waals surface area (Å²) in [6, 6.07) is 3.27.